The molecule has 4 rings (SSSR count). The summed E-state index contributed by atoms with van der Waals surface area (Å²) in [7, 11) is 0. The van der Waals surface area contributed by atoms with Crippen LogP contribution in [0, 0.1) is 6.92 Å². The fourth-order valence-electron chi connectivity index (χ4n) is 3.90. The van der Waals surface area contributed by atoms with Gasteiger partial charge >= 0.3 is 6.09 Å². The molecule has 1 aliphatic rings. The molecule has 3 aromatic rings. The molecule has 0 fully saturated rings. The van der Waals surface area contributed by atoms with E-state index in [0.29, 0.717) is 5.69 Å². The van der Waals surface area contributed by atoms with Crippen molar-refractivity contribution in [3.63, 3.8) is 0 Å². The van der Waals surface area contributed by atoms with Gasteiger partial charge < -0.3 is 26.0 Å². The van der Waals surface area contributed by atoms with Gasteiger partial charge in [-0.3, -0.25) is 4.98 Å². The first-order valence-electron chi connectivity index (χ1n) is 10.1. The molecule has 2 unspecified atom stereocenters. The van der Waals surface area contributed by atoms with E-state index >= 15 is 0 Å². The molecule has 0 aliphatic heterocycles. The number of rotatable bonds is 6. The van der Waals surface area contributed by atoms with Crippen molar-refractivity contribution in [1.82, 2.24) is 10.3 Å². The zero-order valence-corrected chi connectivity index (χ0v) is 17.2. The highest BCUT2D eigenvalue weighted by Crippen LogP contribution is 2.44. The van der Waals surface area contributed by atoms with Crippen LogP contribution in [0.3, 0.4) is 0 Å². The number of hydrogen-bond acceptors (Lipinski definition) is 6. The summed E-state index contributed by atoms with van der Waals surface area (Å²) in [5, 5.41) is 23.0. The molecule has 0 spiro atoms. The Morgan fingerprint density at radius 1 is 1.13 bits per heavy atom. The van der Waals surface area contributed by atoms with Gasteiger partial charge in [-0.1, -0.05) is 48.5 Å². The second-order valence-electron chi connectivity index (χ2n) is 7.68. The van der Waals surface area contributed by atoms with Gasteiger partial charge in [0.05, 0.1) is 17.6 Å². The number of amides is 1. The van der Waals surface area contributed by atoms with Gasteiger partial charge in [0.1, 0.15) is 18.8 Å². The average molecular weight is 419 g/mol. The van der Waals surface area contributed by atoms with Crippen molar-refractivity contribution in [3.05, 3.63) is 83.2 Å². The third-order valence-electron chi connectivity index (χ3n) is 5.64. The highest BCUT2D eigenvalue weighted by molar-refractivity contribution is 5.79. The number of nitrogens with two attached hydrogens (primary N) is 1. The number of aromatic nitrogens is 1. The number of anilines is 1. The van der Waals surface area contributed by atoms with E-state index in [9.17, 15) is 15.0 Å². The lowest BCUT2D eigenvalue weighted by atomic mass is 9.98. The molecule has 1 aromatic heterocycles. The van der Waals surface area contributed by atoms with E-state index in [0.717, 1.165) is 27.8 Å². The molecule has 7 heteroatoms. The summed E-state index contributed by atoms with van der Waals surface area (Å²) in [4.78, 5) is 16.3. The standard InChI is InChI=1S/C24H25N3O4/c1-14-10-21(26-11-20(14)25)23(29)22(28)12-27-24(30)31-13-19-17-8-4-2-6-15(17)16-7-3-5-9-18(16)19/h2-11,19,22-23,28-29H,12-13,25H2,1H3,(H,27,30). The molecule has 2 atom stereocenters. The number of aryl methyl sites for hydroxylation is 1. The summed E-state index contributed by atoms with van der Waals surface area (Å²) >= 11 is 0. The number of carbonyl (C=O) groups excluding carboxylic acids is 1. The lowest BCUT2D eigenvalue weighted by molar-refractivity contribution is 0.0160. The lowest BCUT2D eigenvalue weighted by Crippen LogP contribution is -2.36. The average Bonchev–Trinajstić information content (AvgIpc) is 3.11. The second kappa shape index (κ2) is 8.75. The number of nitrogens with one attached hydrogen (secondary N) is 1. The minimum absolute atomic E-state index is 0.0457. The first-order valence-corrected chi connectivity index (χ1v) is 10.1. The van der Waals surface area contributed by atoms with Gasteiger partial charge in [0.25, 0.3) is 0 Å². The van der Waals surface area contributed by atoms with Crippen LogP contribution >= 0.6 is 0 Å². The number of nitrogen functional groups attached to an aromatic ring is 1. The van der Waals surface area contributed by atoms with Crippen LogP contribution in [0.2, 0.25) is 0 Å². The number of aliphatic hydroxyl groups is 2. The van der Waals surface area contributed by atoms with Gasteiger partial charge in [-0.05, 0) is 40.8 Å². The highest BCUT2D eigenvalue weighted by atomic mass is 16.5. The smallest absolute Gasteiger partial charge is 0.407 e. The molecule has 1 heterocycles. The predicted molar refractivity (Wildman–Crippen MR) is 117 cm³/mol. The maximum atomic E-state index is 12.2. The van der Waals surface area contributed by atoms with Crippen molar-refractivity contribution >= 4 is 11.8 Å². The monoisotopic (exact) mass is 419 g/mol. The molecule has 5 N–H and O–H groups in total. The van der Waals surface area contributed by atoms with Crippen LogP contribution in [-0.2, 0) is 4.74 Å². The van der Waals surface area contributed by atoms with Crippen LogP contribution < -0.4 is 11.1 Å². The van der Waals surface area contributed by atoms with Crippen LogP contribution in [0.5, 0.6) is 0 Å². The third kappa shape index (κ3) is 4.23. The van der Waals surface area contributed by atoms with E-state index in [1.807, 2.05) is 36.4 Å². The second-order valence-corrected chi connectivity index (χ2v) is 7.68. The molecular weight excluding hydrogens is 394 g/mol. The van der Waals surface area contributed by atoms with Crippen LogP contribution in [-0.4, -0.2) is 40.5 Å². The van der Waals surface area contributed by atoms with Crippen molar-refractivity contribution < 1.29 is 19.7 Å². The van der Waals surface area contributed by atoms with Gasteiger partial charge in [-0.25, -0.2) is 4.79 Å². The number of hydrogen-bond donors (Lipinski definition) is 4. The maximum absolute atomic E-state index is 12.2. The molecule has 0 saturated carbocycles. The Morgan fingerprint density at radius 3 is 2.35 bits per heavy atom. The summed E-state index contributed by atoms with van der Waals surface area (Å²) < 4.78 is 5.44. The molecule has 1 amide bonds. The Bertz CT molecular complexity index is 1060. The van der Waals surface area contributed by atoms with Crippen LogP contribution in [0.15, 0.2) is 60.8 Å². The molecular formula is C24H25N3O4. The number of ether oxygens (including phenoxy) is 1. The van der Waals surface area contributed by atoms with E-state index in [1.165, 1.54) is 6.20 Å². The van der Waals surface area contributed by atoms with E-state index in [1.54, 1.807) is 13.0 Å². The predicted octanol–water partition coefficient (Wildman–Crippen LogP) is 2.91. The molecule has 7 nitrogen and oxygen atoms in total. The first kappa shape index (κ1) is 20.8. The van der Waals surface area contributed by atoms with Crippen molar-refractivity contribution in [1.29, 1.82) is 0 Å². The number of nitrogens with zero attached hydrogens (tertiary/aromatic N) is 1. The fourth-order valence-corrected chi connectivity index (χ4v) is 3.90. The minimum Gasteiger partial charge on any atom is -0.449 e. The van der Waals surface area contributed by atoms with Gasteiger partial charge in [0, 0.05) is 12.5 Å². The fraction of sp³-hybridized carbons (Fsp3) is 0.250. The Balaban J connectivity index is 1.34. The maximum Gasteiger partial charge on any atom is 0.407 e. The number of aliphatic hydroxyl groups excluding tert-OH is 2. The van der Waals surface area contributed by atoms with Crippen LogP contribution in [0.25, 0.3) is 11.1 Å². The topological polar surface area (TPSA) is 118 Å². The van der Waals surface area contributed by atoms with Crippen molar-refractivity contribution in [2.45, 2.75) is 25.0 Å². The molecule has 0 bridgehead atoms. The van der Waals surface area contributed by atoms with Gasteiger partial charge in [0.15, 0.2) is 0 Å². The number of benzene rings is 2. The van der Waals surface area contributed by atoms with Crippen molar-refractivity contribution in [3.8, 4) is 11.1 Å². The summed E-state index contributed by atoms with van der Waals surface area (Å²) in [6.45, 7) is 1.79. The molecule has 160 valence electrons. The van der Waals surface area contributed by atoms with E-state index in [-0.39, 0.29) is 24.8 Å². The zero-order valence-electron chi connectivity index (χ0n) is 17.2. The summed E-state index contributed by atoms with van der Waals surface area (Å²) in [6.07, 6.45) is -1.72. The number of carbonyl (C=O) groups is 1. The normalized spacial score (nSPS) is 14.4. The Kier molecular flexibility index (Phi) is 5.88. The van der Waals surface area contributed by atoms with E-state index < -0.39 is 18.3 Å². The first-order chi connectivity index (χ1) is 15.0. The van der Waals surface area contributed by atoms with E-state index in [4.69, 9.17) is 10.5 Å². The van der Waals surface area contributed by atoms with Crippen molar-refractivity contribution in [2.24, 2.45) is 0 Å². The molecule has 0 radical (unpaired) electrons. The molecule has 0 saturated heterocycles. The van der Waals surface area contributed by atoms with Gasteiger partial charge in [-0.15, -0.1) is 0 Å². The highest BCUT2D eigenvalue weighted by Gasteiger charge is 2.29. The minimum atomic E-state index is -1.26. The summed E-state index contributed by atoms with van der Waals surface area (Å²) in [5.74, 6) is -0.0457. The Morgan fingerprint density at radius 2 is 1.74 bits per heavy atom. The Labute approximate surface area is 180 Å². The van der Waals surface area contributed by atoms with Crippen LogP contribution in [0.4, 0.5) is 10.5 Å². The number of fused-ring (bicyclic) bond motifs is 3. The Hall–Kier alpha value is -3.42. The number of pyridine rings is 1. The summed E-state index contributed by atoms with van der Waals surface area (Å²) in [5.41, 5.74) is 11.8. The number of alkyl carbamates (subject to hydrolysis) is 1. The lowest BCUT2D eigenvalue weighted by Gasteiger charge is -2.19. The molecule has 1 aliphatic carbocycles. The van der Waals surface area contributed by atoms with Crippen LogP contribution in [0.1, 0.15) is 34.4 Å². The van der Waals surface area contributed by atoms with Crippen molar-refractivity contribution in [2.75, 3.05) is 18.9 Å². The van der Waals surface area contributed by atoms with E-state index in [2.05, 4.69) is 22.4 Å². The zero-order chi connectivity index (χ0) is 22.0. The summed E-state index contributed by atoms with van der Waals surface area (Å²) in [6, 6.07) is 17.8. The molecule has 2 aromatic carbocycles. The largest absolute Gasteiger partial charge is 0.449 e. The third-order valence-corrected chi connectivity index (χ3v) is 5.64. The quantitative estimate of drug-likeness (QED) is 0.488. The molecule has 31 heavy (non-hydrogen) atoms. The van der Waals surface area contributed by atoms with Gasteiger partial charge in [-0.2, -0.15) is 0 Å². The van der Waals surface area contributed by atoms with Gasteiger partial charge in [0.2, 0.25) is 0 Å². The SMILES string of the molecule is Cc1cc(C(O)C(O)CNC(=O)OCC2c3ccccc3-c3ccccc32)ncc1N.